The second-order valence-electron chi connectivity index (χ2n) is 3.21. The van der Waals surface area contributed by atoms with Gasteiger partial charge in [0.2, 0.25) is 0 Å². The molecule has 0 atom stereocenters. The molecule has 0 amide bonds. The molecule has 0 aliphatic rings. The van der Waals surface area contributed by atoms with Gasteiger partial charge >= 0.3 is 0 Å². The molecule has 0 aromatic carbocycles. The first-order valence-electron chi connectivity index (χ1n) is 4.71. The Hall–Kier alpha value is -0.560. The summed E-state index contributed by atoms with van der Waals surface area (Å²) in [5.41, 5.74) is 2.48. The minimum absolute atomic E-state index is 1.08. The van der Waals surface area contributed by atoms with Crippen LogP contribution in [0.15, 0.2) is 23.8 Å². The second kappa shape index (κ2) is 7.11. The SMILES string of the molecule is C=C(C)C(C)=CCCNCCC. The van der Waals surface area contributed by atoms with E-state index in [1.807, 2.05) is 6.92 Å². The Morgan fingerprint density at radius 3 is 2.50 bits per heavy atom. The molecule has 0 heterocycles. The molecule has 1 heteroatoms. The van der Waals surface area contributed by atoms with Crippen molar-refractivity contribution in [2.24, 2.45) is 0 Å². The summed E-state index contributed by atoms with van der Waals surface area (Å²) in [7, 11) is 0. The molecule has 0 aliphatic carbocycles. The summed E-state index contributed by atoms with van der Waals surface area (Å²) in [6, 6.07) is 0. The van der Waals surface area contributed by atoms with E-state index in [0.29, 0.717) is 0 Å². The molecule has 0 fully saturated rings. The van der Waals surface area contributed by atoms with Crippen LogP contribution in [0.4, 0.5) is 0 Å². The smallest absolute Gasteiger partial charge is 0.00141 e. The summed E-state index contributed by atoms with van der Waals surface area (Å²) in [4.78, 5) is 0. The quantitative estimate of drug-likeness (QED) is 0.474. The molecule has 0 saturated carbocycles. The number of rotatable bonds is 6. The van der Waals surface area contributed by atoms with Crippen molar-refractivity contribution in [3.05, 3.63) is 23.8 Å². The third kappa shape index (κ3) is 6.17. The average molecular weight is 167 g/mol. The zero-order valence-corrected chi connectivity index (χ0v) is 8.61. The van der Waals surface area contributed by atoms with E-state index in [4.69, 9.17) is 0 Å². The largest absolute Gasteiger partial charge is 0.316 e. The van der Waals surface area contributed by atoms with Crippen LogP contribution in [-0.2, 0) is 0 Å². The first kappa shape index (κ1) is 11.4. The lowest BCUT2D eigenvalue weighted by molar-refractivity contribution is 0.677. The topological polar surface area (TPSA) is 12.0 Å². The molecular weight excluding hydrogens is 146 g/mol. The third-order valence-corrected chi connectivity index (χ3v) is 1.87. The predicted octanol–water partition coefficient (Wildman–Crippen LogP) is 2.90. The highest BCUT2D eigenvalue weighted by molar-refractivity contribution is 5.23. The van der Waals surface area contributed by atoms with Gasteiger partial charge in [0, 0.05) is 0 Å². The van der Waals surface area contributed by atoms with Crippen molar-refractivity contribution < 1.29 is 0 Å². The summed E-state index contributed by atoms with van der Waals surface area (Å²) in [5, 5.41) is 3.36. The number of hydrogen-bond acceptors (Lipinski definition) is 1. The van der Waals surface area contributed by atoms with Crippen molar-refractivity contribution in [1.29, 1.82) is 0 Å². The van der Waals surface area contributed by atoms with Gasteiger partial charge < -0.3 is 5.32 Å². The maximum Gasteiger partial charge on any atom is -0.00141 e. The molecule has 0 spiro atoms. The summed E-state index contributed by atoms with van der Waals surface area (Å²) >= 11 is 0. The van der Waals surface area contributed by atoms with Gasteiger partial charge in [0.15, 0.2) is 0 Å². The fourth-order valence-electron chi connectivity index (χ4n) is 0.867. The highest BCUT2D eigenvalue weighted by Crippen LogP contribution is 2.04. The zero-order valence-electron chi connectivity index (χ0n) is 8.61. The Bertz CT molecular complexity index is 156. The molecule has 1 nitrogen and oxygen atoms in total. The van der Waals surface area contributed by atoms with E-state index in [2.05, 4.69) is 31.8 Å². The molecule has 0 saturated heterocycles. The van der Waals surface area contributed by atoms with Gasteiger partial charge in [-0.05, 0) is 39.8 Å². The Balaban J connectivity index is 3.40. The Labute approximate surface area is 76.6 Å². The van der Waals surface area contributed by atoms with Crippen LogP contribution < -0.4 is 5.32 Å². The maximum absolute atomic E-state index is 3.88. The van der Waals surface area contributed by atoms with E-state index in [0.717, 1.165) is 19.5 Å². The van der Waals surface area contributed by atoms with E-state index < -0.39 is 0 Å². The molecule has 0 aromatic heterocycles. The zero-order chi connectivity index (χ0) is 9.40. The first-order valence-corrected chi connectivity index (χ1v) is 4.71. The lowest BCUT2D eigenvalue weighted by Gasteiger charge is -2.01. The number of hydrogen-bond donors (Lipinski definition) is 1. The highest BCUT2D eigenvalue weighted by Gasteiger charge is 1.88. The monoisotopic (exact) mass is 167 g/mol. The van der Waals surface area contributed by atoms with Crippen LogP contribution in [0.25, 0.3) is 0 Å². The number of allylic oxidation sites excluding steroid dienone is 2. The minimum Gasteiger partial charge on any atom is -0.316 e. The van der Waals surface area contributed by atoms with Crippen molar-refractivity contribution in [2.45, 2.75) is 33.6 Å². The summed E-state index contributed by atoms with van der Waals surface area (Å²) in [6.45, 7) is 12.4. The van der Waals surface area contributed by atoms with Crippen molar-refractivity contribution in [1.82, 2.24) is 5.32 Å². The van der Waals surface area contributed by atoms with Gasteiger partial charge in [0.25, 0.3) is 0 Å². The van der Waals surface area contributed by atoms with Gasteiger partial charge in [0.1, 0.15) is 0 Å². The molecule has 0 aromatic rings. The fraction of sp³-hybridized carbons (Fsp3) is 0.636. The highest BCUT2D eigenvalue weighted by atomic mass is 14.8. The fourth-order valence-corrected chi connectivity index (χ4v) is 0.867. The molecule has 0 unspecified atom stereocenters. The summed E-state index contributed by atoms with van der Waals surface area (Å²) < 4.78 is 0. The Morgan fingerprint density at radius 2 is 2.00 bits per heavy atom. The van der Waals surface area contributed by atoms with Crippen LogP contribution in [0.2, 0.25) is 0 Å². The van der Waals surface area contributed by atoms with Crippen LogP contribution >= 0.6 is 0 Å². The van der Waals surface area contributed by atoms with Crippen LogP contribution in [-0.4, -0.2) is 13.1 Å². The molecule has 0 radical (unpaired) electrons. The van der Waals surface area contributed by atoms with Gasteiger partial charge in [-0.3, -0.25) is 0 Å². The summed E-state index contributed by atoms with van der Waals surface area (Å²) in [5.74, 6) is 0. The van der Waals surface area contributed by atoms with Crippen LogP contribution in [0, 0.1) is 0 Å². The van der Waals surface area contributed by atoms with Crippen molar-refractivity contribution in [3.8, 4) is 0 Å². The maximum atomic E-state index is 3.88. The van der Waals surface area contributed by atoms with E-state index in [9.17, 15) is 0 Å². The second-order valence-corrected chi connectivity index (χ2v) is 3.21. The third-order valence-electron chi connectivity index (χ3n) is 1.87. The van der Waals surface area contributed by atoms with Gasteiger partial charge in [-0.2, -0.15) is 0 Å². The molecule has 0 bridgehead atoms. The van der Waals surface area contributed by atoms with Crippen LogP contribution in [0.1, 0.15) is 33.6 Å². The molecule has 1 N–H and O–H groups in total. The minimum atomic E-state index is 1.08. The van der Waals surface area contributed by atoms with E-state index in [1.54, 1.807) is 0 Å². The van der Waals surface area contributed by atoms with Crippen LogP contribution in [0.3, 0.4) is 0 Å². The van der Waals surface area contributed by atoms with E-state index >= 15 is 0 Å². The van der Waals surface area contributed by atoms with Crippen molar-refractivity contribution in [2.75, 3.05) is 13.1 Å². The predicted molar refractivity (Wildman–Crippen MR) is 56.3 cm³/mol. The Morgan fingerprint density at radius 1 is 1.33 bits per heavy atom. The van der Waals surface area contributed by atoms with E-state index in [1.165, 1.54) is 17.6 Å². The van der Waals surface area contributed by atoms with Crippen molar-refractivity contribution in [3.63, 3.8) is 0 Å². The Kier molecular flexibility index (Phi) is 6.78. The normalized spacial score (nSPS) is 11.8. The lowest BCUT2D eigenvalue weighted by atomic mass is 10.1. The number of nitrogens with one attached hydrogen (secondary N) is 1. The van der Waals surface area contributed by atoms with Gasteiger partial charge in [0.05, 0.1) is 0 Å². The van der Waals surface area contributed by atoms with Gasteiger partial charge in [-0.1, -0.05) is 30.7 Å². The average Bonchev–Trinajstić information content (AvgIpc) is 2.03. The molecule has 70 valence electrons. The molecule has 0 rings (SSSR count). The lowest BCUT2D eigenvalue weighted by Crippen LogP contribution is -2.15. The van der Waals surface area contributed by atoms with Crippen LogP contribution in [0.5, 0.6) is 0 Å². The molecule has 0 aliphatic heterocycles. The molecular formula is C11H21N. The standard InChI is InChI=1S/C11H21N/c1-5-8-12-9-6-7-11(4)10(2)3/h7,12H,2,5-6,8-9H2,1,3-4H3. The molecule has 12 heavy (non-hydrogen) atoms. The first-order chi connectivity index (χ1) is 5.68. The van der Waals surface area contributed by atoms with Crippen molar-refractivity contribution >= 4 is 0 Å². The van der Waals surface area contributed by atoms with E-state index in [-0.39, 0.29) is 0 Å². The van der Waals surface area contributed by atoms with Gasteiger partial charge in [-0.15, -0.1) is 0 Å². The summed E-state index contributed by atoms with van der Waals surface area (Å²) in [6.07, 6.45) is 4.56. The van der Waals surface area contributed by atoms with Gasteiger partial charge in [-0.25, -0.2) is 0 Å².